The fourth-order valence-electron chi connectivity index (χ4n) is 3.59. The lowest BCUT2D eigenvalue weighted by atomic mass is 10.0. The van der Waals surface area contributed by atoms with Crippen LogP contribution in [0.2, 0.25) is 0 Å². The zero-order chi connectivity index (χ0) is 23.5. The van der Waals surface area contributed by atoms with Gasteiger partial charge in [0.05, 0.1) is 5.75 Å². The van der Waals surface area contributed by atoms with Crippen molar-refractivity contribution in [2.45, 2.75) is 31.7 Å². The van der Waals surface area contributed by atoms with Gasteiger partial charge in [-0.3, -0.25) is 9.59 Å². The molecule has 1 N–H and O–H groups in total. The second-order valence-corrected chi connectivity index (χ2v) is 9.63. The number of benzene rings is 3. The summed E-state index contributed by atoms with van der Waals surface area (Å²) in [5, 5.41) is 2.93. The molecule has 0 radical (unpaired) electrons. The number of rotatable bonds is 11. The maximum atomic E-state index is 13.5. The van der Waals surface area contributed by atoms with Crippen molar-refractivity contribution in [3.63, 3.8) is 0 Å². The van der Waals surface area contributed by atoms with Crippen LogP contribution in [0.4, 0.5) is 0 Å². The molecule has 0 aliphatic rings. The van der Waals surface area contributed by atoms with Gasteiger partial charge in [-0.1, -0.05) is 88.7 Å². The fraction of sp³-hybridized carbons (Fsp3) is 0.259. The van der Waals surface area contributed by atoms with Gasteiger partial charge in [0.25, 0.3) is 0 Å². The molecule has 0 saturated heterocycles. The zero-order valence-corrected chi connectivity index (χ0v) is 21.1. The lowest BCUT2D eigenvalue weighted by molar-refractivity contribution is -0.139. The Bertz CT molecular complexity index is 1030. The quantitative estimate of drug-likeness (QED) is 0.362. The molecule has 6 heteroatoms. The zero-order valence-electron chi connectivity index (χ0n) is 18.7. The van der Waals surface area contributed by atoms with E-state index in [1.165, 1.54) is 5.56 Å². The van der Waals surface area contributed by atoms with Crippen molar-refractivity contribution in [1.82, 2.24) is 10.2 Å². The minimum atomic E-state index is -0.587. The van der Waals surface area contributed by atoms with Gasteiger partial charge in [-0.05, 0) is 35.7 Å². The van der Waals surface area contributed by atoms with E-state index in [1.54, 1.807) is 16.7 Å². The predicted molar refractivity (Wildman–Crippen MR) is 140 cm³/mol. The molecule has 0 fully saturated rings. The van der Waals surface area contributed by atoms with Crippen LogP contribution in [0, 0.1) is 0 Å². The molecule has 3 aromatic carbocycles. The standard InChI is InChI=1S/C27H29BrN2O2S/c1-2-29-27(32)25(17-21-10-5-3-6-11-21)30(18-23-14-9-15-24(28)16-23)26(31)20-33-19-22-12-7-4-8-13-22/h3-16,25H,2,17-20H2,1H3,(H,29,32). The maximum absolute atomic E-state index is 13.5. The first-order valence-corrected chi connectivity index (χ1v) is 13.0. The summed E-state index contributed by atoms with van der Waals surface area (Å²) in [6.07, 6.45) is 0.468. The van der Waals surface area contributed by atoms with Gasteiger partial charge in [0.1, 0.15) is 6.04 Å². The van der Waals surface area contributed by atoms with Gasteiger partial charge in [-0.25, -0.2) is 0 Å². The Morgan fingerprint density at radius 3 is 2.18 bits per heavy atom. The average Bonchev–Trinajstić information content (AvgIpc) is 2.83. The molecule has 0 spiro atoms. The summed E-state index contributed by atoms with van der Waals surface area (Å²) >= 11 is 5.09. The highest BCUT2D eigenvalue weighted by Gasteiger charge is 2.30. The maximum Gasteiger partial charge on any atom is 0.243 e. The SMILES string of the molecule is CCNC(=O)C(Cc1ccccc1)N(Cc1cccc(Br)c1)C(=O)CSCc1ccccc1. The molecule has 3 aromatic rings. The van der Waals surface area contributed by atoms with Crippen molar-refractivity contribution in [1.29, 1.82) is 0 Å². The molecule has 1 unspecified atom stereocenters. The van der Waals surface area contributed by atoms with E-state index in [9.17, 15) is 9.59 Å². The van der Waals surface area contributed by atoms with Crippen LogP contribution in [0.3, 0.4) is 0 Å². The Hall–Kier alpha value is -2.57. The van der Waals surface area contributed by atoms with Gasteiger partial charge < -0.3 is 10.2 Å². The first-order chi connectivity index (χ1) is 16.1. The Balaban J connectivity index is 1.82. The Morgan fingerprint density at radius 1 is 0.909 bits per heavy atom. The predicted octanol–water partition coefficient (Wildman–Crippen LogP) is 5.46. The second kappa shape index (κ2) is 13.2. The number of nitrogens with zero attached hydrogens (tertiary/aromatic N) is 1. The molecule has 0 saturated carbocycles. The van der Waals surface area contributed by atoms with E-state index in [0.29, 0.717) is 25.3 Å². The number of hydrogen-bond donors (Lipinski definition) is 1. The number of hydrogen-bond acceptors (Lipinski definition) is 3. The summed E-state index contributed by atoms with van der Waals surface area (Å²) in [4.78, 5) is 28.3. The van der Waals surface area contributed by atoms with Crippen LogP contribution in [0.25, 0.3) is 0 Å². The number of carbonyl (C=O) groups excluding carboxylic acids is 2. The molecule has 0 bridgehead atoms. The van der Waals surface area contributed by atoms with E-state index in [-0.39, 0.29) is 11.8 Å². The van der Waals surface area contributed by atoms with Crippen molar-refractivity contribution in [3.8, 4) is 0 Å². The Morgan fingerprint density at radius 2 is 1.55 bits per heavy atom. The summed E-state index contributed by atoms with van der Waals surface area (Å²) in [6.45, 7) is 2.79. The lowest BCUT2D eigenvalue weighted by Crippen LogP contribution is -2.51. The van der Waals surface area contributed by atoms with Crippen LogP contribution in [0.5, 0.6) is 0 Å². The third kappa shape index (κ3) is 8.06. The van der Waals surface area contributed by atoms with Gasteiger partial charge in [0.2, 0.25) is 11.8 Å². The molecular weight excluding hydrogens is 496 g/mol. The van der Waals surface area contributed by atoms with Crippen LogP contribution in [0.15, 0.2) is 89.4 Å². The summed E-state index contributed by atoms with van der Waals surface area (Å²) in [5.74, 6) is 0.899. The Labute approximate surface area is 208 Å². The molecule has 3 rings (SSSR count). The summed E-state index contributed by atoms with van der Waals surface area (Å²) in [5.41, 5.74) is 3.18. The van der Waals surface area contributed by atoms with E-state index < -0.39 is 6.04 Å². The van der Waals surface area contributed by atoms with Crippen molar-refractivity contribution in [2.24, 2.45) is 0 Å². The first kappa shape index (κ1) is 25.1. The topological polar surface area (TPSA) is 49.4 Å². The van der Waals surface area contributed by atoms with Crippen LogP contribution >= 0.6 is 27.7 Å². The molecule has 0 heterocycles. The average molecular weight is 526 g/mol. The molecule has 4 nitrogen and oxygen atoms in total. The number of likely N-dealkylation sites (N-methyl/N-ethyl adjacent to an activating group) is 1. The van der Waals surface area contributed by atoms with Crippen LogP contribution in [0.1, 0.15) is 23.6 Å². The molecule has 33 heavy (non-hydrogen) atoms. The minimum absolute atomic E-state index is 0.0388. The molecule has 172 valence electrons. The van der Waals surface area contributed by atoms with Crippen molar-refractivity contribution in [3.05, 3.63) is 106 Å². The number of amides is 2. The van der Waals surface area contributed by atoms with E-state index in [0.717, 1.165) is 21.4 Å². The minimum Gasteiger partial charge on any atom is -0.355 e. The van der Waals surface area contributed by atoms with Crippen LogP contribution in [-0.4, -0.2) is 35.1 Å². The van der Waals surface area contributed by atoms with Crippen LogP contribution in [-0.2, 0) is 28.3 Å². The van der Waals surface area contributed by atoms with E-state index >= 15 is 0 Å². The summed E-state index contributed by atoms with van der Waals surface area (Å²) < 4.78 is 0.948. The fourth-order valence-corrected chi connectivity index (χ4v) is 4.91. The highest BCUT2D eigenvalue weighted by atomic mass is 79.9. The highest BCUT2D eigenvalue weighted by Crippen LogP contribution is 2.20. The lowest BCUT2D eigenvalue weighted by Gasteiger charge is -2.31. The number of halogens is 1. The van der Waals surface area contributed by atoms with Gasteiger partial charge in [0.15, 0.2) is 0 Å². The van der Waals surface area contributed by atoms with Crippen molar-refractivity contribution in [2.75, 3.05) is 12.3 Å². The third-order valence-electron chi connectivity index (χ3n) is 5.20. The first-order valence-electron chi connectivity index (χ1n) is 11.0. The molecular formula is C27H29BrN2O2S. The molecule has 1 atom stereocenters. The van der Waals surface area contributed by atoms with Gasteiger partial charge in [0, 0.05) is 29.7 Å². The monoisotopic (exact) mass is 524 g/mol. The molecule has 0 aliphatic carbocycles. The van der Waals surface area contributed by atoms with E-state index in [4.69, 9.17) is 0 Å². The second-order valence-electron chi connectivity index (χ2n) is 7.73. The molecule has 0 aromatic heterocycles. The summed E-state index contributed by atoms with van der Waals surface area (Å²) in [7, 11) is 0. The van der Waals surface area contributed by atoms with E-state index in [2.05, 4.69) is 33.4 Å². The van der Waals surface area contributed by atoms with Crippen molar-refractivity contribution >= 4 is 39.5 Å². The highest BCUT2D eigenvalue weighted by molar-refractivity contribution is 9.10. The van der Waals surface area contributed by atoms with Crippen molar-refractivity contribution < 1.29 is 9.59 Å². The normalized spacial score (nSPS) is 11.6. The number of thioether (sulfide) groups is 1. The van der Waals surface area contributed by atoms with Gasteiger partial charge in [-0.2, -0.15) is 0 Å². The molecule has 2 amide bonds. The smallest absolute Gasteiger partial charge is 0.243 e. The Kier molecular flexibility index (Phi) is 10.0. The summed E-state index contributed by atoms with van der Waals surface area (Å²) in [6, 6.07) is 27.3. The molecule has 0 aliphatic heterocycles. The van der Waals surface area contributed by atoms with E-state index in [1.807, 2.05) is 79.7 Å². The number of nitrogens with one attached hydrogen (secondary N) is 1. The largest absolute Gasteiger partial charge is 0.355 e. The van der Waals surface area contributed by atoms with Crippen LogP contribution < -0.4 is 5.32 Å². The number of carbonyl (C=O) groups is 2. The van der Waals surface area contributed by atoms with Gasteiger partial charge in [-0.15, -0.1) is 11.8 Å². The van der Waals surface area contributed by atoms with Gasteiger partial charge >= 0.3 is 0 Å². The third-order valence-corrected chi connectivity index (χ3v) is 6.68.